The van der Waals surface area contributed by atoms with Crippen molar-refractivity contribution in [3.8, 4) is 0 Å². The molecule has 0 radical (unpaired) electrons. The van der Waals surface area contributed by atoms with Gasteiger partial charge in [0.1, 0.15) is 5.54 Å². The van der Waals surface area contributed by atoms with Crippen LogP contribution < -0.4 is 5.32 Å². The largest absolute Gasteiger partial charge is 0.350 e. The van der Waals surface area contributed by atoms with Crippen molar-refractivity contribution in [1.82, 2.24) is 10.2 Å². The maximum Gasteiger partial charge on any atom is 0.255 e. The lowest BCUT2D eigenvalue weighted by atomic mass is 9.82. The molecule has 0 fully saturated rings. The molecule has 0 spiro atoms. The van der Waals surface area contributed by atoms with Crippen LogP contribution in [0.25, 0.3) is 0 Å². The minimum atomic E-state index is -0.895. The molecular formula is C21H23ClN2O2. The third-order valence-corrected chi connectivity index (χ3v) is 5.18. The van der Waals surface area contributed by atoms with E-state index in [1.54, 1.807) is 17.0 Å². The maximum atomic E-state index is 13.1. The van der Waals surface area contributed by atoms with Gasteiger partial charge < -0.3 is 10.2 Å². The highest BCUT2D eigenvalue weighted by atomic mass is 35.5. The Bertz CT molecular complexity index is 819. The summed E-state index contributed by atoms with van der Waals surface area (Å²) in [7, 11) is 0. The van der Waals surface area contributed by atoms with E-state index in [0.29, 0.717) is 30.1 Å². The molecule has 136 valence electrons. The number of carbonyl (C=O) groups excluding carboxylic acids is 2. The maximum absolute atomic E-state index is 13.1. The van der Waals surface area contributed by atoms with Crippen molar-refractivity contribution >= 4 is 23.4 Å². The number of fused-ring (bicyclic) bond motifs is 1. The van der Waals surface area contributed by atoms with E-state index >= 15 is 0 Å². The molecule has 2 aromatic carbocycles. The predicted molar refractivity (Wildman–Crippen MR) is 103 cm³/mol. The van der Waals surface area contributed by atoms with Gasteiger partial charge in [0, 0.05) is 30.1 Å². The molecule has 3 rings (SSSR count). The Kier molecular flexibility index (Phi) is 5.33. The lowest BCUT2D eigenvalue weighted by Crippen LogP contribution is -2.62. The zero-order valence-electron chi connectivity index (χ0n) is 15.1. The molecule has 0 saturated carbocycles. The van der Waals surface area contributed by atoms with E-state index in [4.69, 9.17) is 11.6 Å². The molecule has 1 atom stereocenters. The van der Waals surface area contributed by atoms with Crippen molar-refractivity contribution in [3.05, 3.63) is 70.2 Å². The third kappa shape index (κ3) is 3.47. The summed E-state index contributed by atoms with van der Waals surface area (Å²) in [4.78, 5) is 27.8. The zero-order valence-corrected chi connectivity index (χ0v) is 15.8. The molecule has 26 heavy (non-hydrogen) atoms. The monoisotopic (exact) mass is 370 g/mol. The summed E-state index contributed by atoms with van der Waals surface area (Å²) in [5.74, 6) is -0.207. The predicted octanol–water partition coefficient (Wildman–Crippen LogP) is 3.82. The van der Waals surface area contributed by atoms with Gasteiger partial charge >= 0.3 is 0 Å². The first-order valence-corrected chi connectivity index (χ1v) is 9.26. The van der Waals surface area contributed by atoms with Gasteiger partial charge in [0.15, 0.2) is 0 Å². The quantitative estimate of drug-likeness (QED) is 0.869. The number of halogens is 1. The minimum absolute atomic E-state index is 0.0714. The summed E-state index contributed by atoms with van der Waals surface area (Å²) in [5, 5.41) is 3.66. The van der Waals surface area contributed by atoms with Crippen LogP contribution in [0.5, 0.6) is 0 Å². The van der Waals surface area contributed by atoms with Gasteiger partial charge in [-0.05, 0) is 42.7 Å². The van der Waals surface area contributed by atoms with Gasteiger partial charge in [-0.15, -0.1) is 0 Å². The van der Waals surface area contributed by atoms with Gasteiger partial charge in [-0.1, -0.05) is 48.9 Å². The molecule has 2 amide bonds. The summed E-state index contributed by atoms with van der Waals surface area (Å²) < 4.78 is 0. The second-order valence-corrected chi connectivity index (χ2v) is 7.31. The Morgan fingerprint density at radius 1 is 1.19 bits per heavy atom. The van der Waals surface area contributed by atoms with E-state index in [2.05, 4.69) is 5.32 Å². The molecule has 1 heterocycles. The van der Waals surface area contributed by atoms with E-state index < -0.39 is 5.54 Å². The van der Waals surface area contributed by atoms with Crippen LogP contribution in [-0.2, 0) is 17.8 Å². The van der Waals surface area contributed by atoms with Crippen molar-refractivity contribution in [2.24, 2.45) is 0 Å². The van der Waals surface area contributed by atoms with Gasteiger partial charge in [-0.2, -0.15) is 0 Å². The fourth-order valence-electron chi connectivity index (χ4n) is 3.47. The minimum Gasteiger partial charge on any atom is -0.350 e. The fraction of sp³-hybridized carbons (Fsp3) is 0.333. The first kappa shape index (κ1) is 18.5. The standard InChI is InChI=1S/C21H23ClN2O2/c1-3-12-24-19(25)18-7-5-4-6-16(18)13-21(24,2)20(26)23-14-15-8-10-17(22)11-9-15/h4-11H,3,12-14H2,1-2H3,(H,23,26). The number of amides is 2. The second kappa shape index (κ2) is 7.50. The van der Waals surface area contributed by atoms with Gasteiger partial charge in [0.25, 0.3) is 5.91 Å². The molecule has 0 bridgehead atoms. The SMILES string of the molecule is CCCN1C(=O)c2ccccc2CC1(C)C(=O)NCc1ccc(Cl)cc1. The van der Waals surface area contributed by atoms with Crippen LogP contribution in [0.15, 0.2) is 48.5 Å². The van der Waals surface area contributed by atoms with Crippen molar-refractivity contribution < 1.29 is 9.59 Å². The molecule has 4 nitrogen and oxygen atoms in total. The average molecular weight is 371 g/mol. The summed E-state index contributed by atoms with van der Waals surface area (Å²) in [6.45, 7) is 4.83. The van der Waals surface area contributed by atoms with Crippen LogP contribution >= 0.6 is 11.6 Å². The van der Waals surface area contributed by atoms with Crippen LogP contribution in [0.4, 0.5) is 0 Å². The Morgan fingerprint density at radius 3 is 2.58 bits per heavy atom. The van der Waals surface area contributed by atoms with Gasteiger partial charge in [-0.3, -0.25) is 9.59 Å². The van der Waals surface area contributed by atoms with Gasteiger partial charge in [0.2, 0.25) is 5.91 Å². The molecular weight excluding hydrogens is 348 g/mol. The molecule has 1 unspecified atom stereocenters. The number of nitrogens with one attached hydrogen (secondary N) is 1. The zero-order chi connectivity index (χ0) is 18.7. The van der Waals surface area contributed by atoms with E-state index in [0.717, 1.165) is 17.5 Å². The average Bonchev–Trinajstić information content (AvgIpc) is 2.64. The van der Waals surface area contributed by atoms with Crippen LogP contribution in [-0.4, -0.2) is 28.8 Å². The fourth-order valence-corrected chi connectivity index (χ4v) is 3.59. The highest BCUT2D eigenvalue weighted by Crippen LogP contribution is 2.31. The molecule has 1 aliphatic rings. The molecule has 5 heteroatoms. The van der Waals surface area contributed by atoms with Crippen LogP contribution in [0.3, 0.4) is 0 Å². The Labute approximate surface area is 159 Å². The number of benzene rings is 2. The van der Waals surface area contributed by atoms with Crippen LogP contribution in [0.1, 0.15) is 41.8 Å². The lowest BCUT2D eigenvalue weighted by Gasteiger charge is -2.44. The highest BCUT2D eigenvalue weighted by Gasteiger charge is 2.46. The molecule has 0 aliphatic carbocycles. The van der Waals surface area contributed by atoms with Crippen LogP contribution in [0.2, 0.25) is 5.02 Å². The number of rotatable bonds is 5. The van der Waals surface area contributed by atoms with E-state index in [1.807, 2.05) is 50.2 Å². The van der Waals surface area contributed by atoms with E-state index in [9.17, 15) is 9.59 Å². The van der Waals surface area contributed by atoms with Crippen molar-refractivity contribution in [3.63, 3.8) is 0 Å². The molecule has 0 aromatic heterocycles. The van der Waals surface area contributed by atoms with Gasteiger partial charge in [0.05, 0.1) is 0 Å². The Morgan fingerprint density at radius 2 is 1.88 bits per heavy atom. The third-order valence-electron chi connectivity index (χ3n) is 4.93. The number of hydrogen-bond acceptors (Lipinski definition) is 2. The van der Waals surface area contributed by atoms with Crippen LogP contribution in [0, 0.1) is 0 Å². The Hall–Kier alpha value is -2.33. The number of hydrogen-bond donors (Lipinski definition) is 1. The smallest absolute Gasteiger partial charge is 0.255 e. The second-order valence-electron chi connectivity index (χ2n) is 6.87. The highest BCUT2D eigenvalue weighted by molar-refractivity contribution is 6.30. The molecule has 2 aromatic rings. The summed E-state index contributed by atoms with van der Waals surface area (Å²) in [6, 6.07) is 14.9. The summed E-state index contributed by atoms with van der Waals surface area (Å²) in [5.41, 5.74) is 1.70. The summed E-state index contributed by atoms with van der Waals surface area (Å²) in [6.07, 6.45) is 1.31. The van der Waals surface area contributed by atoms with Gasteiger partial charge in [-0.25, -0.2) is 0 Å². The first-order chi connectivity index (χ1) is 12.5. The first-order valence-electron chi connectivity index (χ1n) is 8.88. The lowest BCUT2D eigenvalue weighted by molar-refractivity contribution is -0.131. The number of carbonyl (C=O) groups is 2. The van der Waals surface area contributed by atoms with Crippen molar-refractivity contribution in [2.75, 3.05) is 6.54 Å². The topological polar surface area (TPSA) is 49.4 Å². The normalized spacial score (nSPS) is 19.2. The molecule has 1 aliphatic heterocycles. The van der Waals surface area contributed by atoms with Crippen molar-refractivity contribution in [1.29, 1.82) is 0 Å². The number of nitrogens with zero attached hydrogens (tertiary/aromatic N) is 1. The molecule has 0 saturated heterocycles. The molecule has 1 N–H and O–H groups in total. The summed E-state index contributed by atoms with van der Waals surface area (Å²) >= 11 is 5.90. The van der Waals surface area contributed by atoms with E-state index in [1.165, 1.54) is 0 Å². The Balaban J connectivity index is 1.83. The van der Waals surface area contributed by atoms with Crippen molar-refractivity contribution in [2.45, 2.75) is 38.8 Å². The van der Waals surface area contributed by atoms with E-state index in [-0.39, 0.29) is 11.8 Å².